The van der Waals surface area contributed by atoms with Gasteiger partial charge in [-0.25, -0.2) is 0 Å². The van der Waals surface area contributed by atoms with Gasteiger partial charge in [0.05, 0.1) is 18.8 Å². The predicted octanol–water partition coefficient (Wildman–Crippen LogP) is 5.91. The number of hydrogen-bond donors (Lipinski definition) is 1. The summed E-state index contributed by atoms with van der Waals surface area (Å²) >= 11 is 0. The second-order valence-electron chi connectivity index (χ2n) is 6.55. The maximum absolute atomic E-state index is 11.1. The van der Waals surface area contributed by atoms with Gasteiger partial charge < -0.3 is 9.84 Å². The first-order valence-electron chi connectivity index (χ1n) is 9.69. The van der Waals surface area contributed by atoms with Crippen LogP contribution < -0.4 is 0 Å². The van der Waals surface area contributed by atoms with Crippen molar-refractivity contribution in [2.45, 2.75) is 109 Å². The van der Waals surface area contributed by atoms with Gasteiger partial charge in [0.2, 0.25) is 0 Å². The first-order chi connectivity index (χ1) is 11.2. The molecule has 0 aliphatic rings. The molecule has 0 saturated carbocycles. The van der Waals surface area contributed by atoms with E-state index in [-0.39, 0.29) is 6.42 Å². The number of rotatable bonds is 17. The van der Waals surface area contributed by atoms with E-state index in [2.05, 4.69) is 18.2 Å². The summed E-state index contributed by atoms with van der Waals surface area (Å²) in [5, 5.41) is 9.69. The largest absolute Gasteiger partial charge is 0.435 e. The van der Waals surface area contributed by atoms with Crippen molar-refractivity contribution in [1.82, 2.24) is 0 Å². The molecular weight excluding hydrogens is 288 g/mol. The Labute approximate surface area is 143 Å². The molecule has 1 unspecified atom stereocenters. The standard InChI is InChI=1S/C20H38O3/c1-3-5-6-7-8-9-10-11-12-13-14-15-16-17-19(21)18-20(22)23-4-2/h4,19,21H,2-3,5-18H2,1H3. The van der Waals surface area contributed by atoms with Gasteiger partial charge in [-0.1, -0.05) is 97.0 Å². The fourth-order valence-electron chi connectivity index (χ4n) is 2.83. The van der Waals surface area contributed by atoms with E-state index in [1.54, 1.807) is 0 Å². The molecule has 3 nitrogen and oxygen atoms in total. The molecule has 0 aliphatic heterocycles. The highest BCUT2D eigenvalue weighted by molar-refractivity contribution is 5.70. The molecule has 0 radical (unpaired) electrons. The van der Waals surface area contributed by atoms with Crippen molar-refractivity contribution in [2.24, 2.45) is 0 Å². The monoisotopic (exact) mass is 326 g/mol. The number of carbonyl (C=O) groups is 1. The highest BCUT2D eigenvalue weighted by atomic mass is 16.5. The van der Waals surface area contributed by atoms with E-state index in [9.17, 15) is 9.90 Å². The Hall–Kier alpha value is -0.830. The van der Waals surface area contributed by atoms with Crippen LogP contribution in [0.4, 0.5) is 0 Å². The van der Waals surface area contributed by atoms with Crippen molar-refractivity contribution < 1.29 is 14.6 Å². The van der Waals surface area contributed by atoms with Gasteiger partial charge in [-0.15, -0.1) is 0 Å². The van der Waals surface area contributed by atoms with Gasteiger partial charge in [0.25, 0.3) is 0 Å². The Morgan fingerprint density at radius 1 is 0.913 bits per heavy atom. The summed E-state index contributed by atoms with van der Waals surface area (Å²) in [5.74, 6) is -0.401. The number of hydrogen-bond acceptors (Lipinski definition) is 3. The minimum atomic E-state index is -0.574. The molecule has 0 bridgehead atoms. The smallest absolute Gasteiger partial charge is 0.313 e. The summed E-state index contributed by atoms with van der Waals surface area (Å²) in [6, 6.07) is 0. The van der Waals surface area contributed by atoms with Crippen LogP contribution in [0.5, 0.6) is 0 Å². The third-order valence-corrected chi connectivity index (χ3v) is 4.26. The molecule has 3 heteroatoms. The van der Waals surface area contributed by atoms with Gasteiger partial charge in [-0.05, 0) is 6.42 Å². The van der Waals surface area contributed by atoms with Gasteiger partial charge >= 0.3 is 5.97 Å². The molecule has 0 aliphatic carbocycles. The Bertz CT molecular complexity index is 276. The number of carbonyl (C=O) groups excluding carboxylic acids is 1. The van der Waals surface area contributed by atoms with Gasteiger partial charge in [-0.3, -0.25) is 4.79 Å². The fourth-order valence-corrected chi connectivity index (χ4v) is 2.83. The Kier molecular flexibility index (Phi) is 16.9. The van der Waals surface area contributed by atoms with Crippen molar-refractivity contribution in [3.8, 4) is 0 Å². The number of unbranched alkanes of at least 4 members (excludes halogenated alkanes) is 12. The molecule has 0 fully saturated rings. The normalized spacial score (nSPS) is 12.1. The molecule has 0 saturated heterocycles. The van der Waals surface area contributed by atoms with Crippen molar-refractivity contribution >= 4 is 5.97 Å². The predicted molar refractivity (Wildman–Crippen MR) is 97.2 cm³/mol. The fraction of sp³-hybridized carbons (Fsp3) is 0.850. The van der Waals surface area contributed by atoms with Crippen molar-refractivity contribution in [2.75, 3.05) is 0 Å². The summed E-state index contributed by atoms with van der Waals surface area (Å²) < 4.78 is 4.60. The molecular formula is C20H38O3. The minimum absolute atomic E-state index is 0.0737. The lowest BCUT2D eigenvalue weighted by molar-refractivity contribution is -0.140. The summed E-state index contributed by atoms with van der Waals surface area (Å²) in [5.41, 5.74) is 0. The second-order valence-corrected chi connectivity index (χ2v) is 6.55. The van der Waals surface area contributed by atoms with Crippen molar-refractivity contribution in [1.29, 1.82) is 0 Å². The van der Waals surface area contributed by atoms with Crippen LogP contribution in [0.25, 0.3) is 0 Å². The third kappa shape index (κ3) is 17.4. The summed E-state index contributed by atoms with van der Waals surface area (Å²) in [4.78, 5) is 11.1. The van der Waals surface area contributed by atoms with Crippen LogP contribution in [0, 0.1) is 0 Å². The van der Waals surface area contributed by atoms with Crippen molar-refractivity contribution in [3.05, 3.63) is 12.8 Å². The summed E-state index contributed by atoms with van der Waals surface area (Å²) in [6.45, 7) is 5.58. The van der Waals surface area contributed by atoms with Crippen LogP contribution in [0.1, 0.15) is 103 Å². The Morgan fingerprint density at radius 2 is 1.35 bits per heavy atom. The average molecular weight is 327 g/mol. The number of aliphatic hydroxyl groups is 1. The maximum Gasteiger partial charge on any atom is 0.313 e. The van der Waals surface area contributed by atoms with Gasteiger partial charge in [0.1, 0.15) is 0 Å². The van der Waals surface area contributed by atoms with Crippen LogP contribution in [-0.2, 0) is 9.53 Å². The molecule has 0 aromatic heterocycles. The summed E-state index contributed by atoms with van der Waals surface area (Å²) in [6.07, 6.45) is 18.4. The highest BCUT2D eigenvalue weighted by Crippen LogP contribution is 2.14. The van der Waals surface area contributed by atoms with Gasteiger partial charge in [0, 0.05) is 0 Å². The van der Waals surface area contributed by atoms with Gasteiger partial charge in [0.15, 0.2) is 0 Å². The topological polar surface area (TPSA) is 46.5 Å². The van der Waals surface area contributed by atoms with E-state index in [4.69, 9.17) is 0 Å². The van der Waals surface area contributed by atoms with Crippen LogP contribution in [0.15, 0.2) is 12.8 Å². The van der Waals surface area contributed by atoms with Crippen LogP contribution in [-0.4, -0.2) is 17.2 Å². The zero-order chi connectivity index (χ0) is 17.2. The van der Waals surface area contributed by atoms with E-state index in [0.29, 0.717) is 6.42 Å². The number of ether oxygens (including phenoxy) is 1. The van der Waals surface area contributed by atoms with E-state index in [1.807, 2.05) is 0 Å². The van der Waals surface area contributed by atoms with E-state index in [0.717, 1.165) is 19.1 Å². The molecule has 1 atom stereocenters. The molecule has 0 amide bonds. The minimum Gasteiger partial charge on any atom is -0.435 e. The lowest BCUT2D eigenvalue weighted by Crippen LogP contribution is -2.13. The Balaban J connectivity index is 3.18. The van der Waals surface area contributed by atoms with E-state index < -0.39 is 12.1 Å². The van der Waals surface area contributed by atoms with Crippen LogP contribution >= 0.6 is 0 Å². The SMILES string of the molecule is C=COC(=O)CC(O)CCCCCCCCCCCCCCC. The zero-order valence-electron chi connectivity index (χ0n) is 15.2. The van der Waals surface area contributed by atoms with Crippen LogP contribution in [0.3, 0.4) is 0 Å². The first-order valence-corrected chi connectivity index (χ1v) is 9.69. The van der Waals surface area contributed by atoms with E-state index >= 15 is 0 Å². The molecule has 136 valence electrons. The third-order valence-electron chi connectivity index (χ3n) is 4.26. The van der Waals surface area contributed by atoms with Crippen molar-refractivity contribution in [3.63, 3.8) is 0 Å². The molecule has 0 rings (SSSR count). The molecule has 0 heterocycles. The maximum atomic E-state index is 11.1. The lowest BCUT2D eigenvalue weighted by Gasteiger charge is -2.08. The number of esters is 1. The molecule has 1 N–H and O–H groups in total. The highest BCUT2D eigenvalue weighted by Gasteiger charge is 2.10. The zero-order valence-corrected chi connectivity index (χ0v) is 15.2. The summed E-state index contributed by atoms with van der Waals surface area (Å²) in [7, 11) is 0. The molecule has 0 aromatic carbocycles. The molecule has 0 spiro atoms. The number of aliphatic hydroxyl groups excluding tert-OH is 1. The first kappa shape index (κ1) is 22.2. The molecule has 23 heavy (non-hydrogen) atoms. The van der Waals surface area contributed by atoms with Crippen LogP contribution in [0.2, 0.25) is 0 Å². The quantitative estimate of drug-likeness (QED) is 0.205. The second kappa shape index (κ2) is 17.5. The molecule has 0 aromatic rings. The Morgan fingerprint density at radius 3 is 1.78 bits per heavy atom. The van der Waals surface area contributed by atoms with E-state index in [1.165, 1.54) is 70.6 Å². The van der Waals surface area contributed by atoms with Gasteiger partial charge in [-0.2, -0.15) is 0 Å². The lowest BCUT2D eigenvalue weighted by atomic mass is 10.0. The average Bonchev–Trinajstić information content (AvgIpc) is 2.52.